The maximum Gasteiger partial charge on any atom is 0.0447 e. The Morgan fingerprint density at radius 3 is 2.21 bits per heavy atom. The van der Waals surface area contributed by atoms with E-state index in [4.69, 9.17) is 0 Å². The standard InChI is InChI=1S/C12H11N.ClH/c1-2-6-11(7-3-1)10-12-8-4-5-9-13-12;/h1-9H,10H2;1H. The minimum absolute atomic E-state index is 0. The molecule has 1 aromatic heterocycles. The van der Waals surface area contributed by atoms with Crippen LogP contribution in [0.2, 0.25) is 0 Å². The van der Waals surface area contributed by atoms with Gasteiger partial charge in [0.15, 0.2) is 0 Å². The molecule has 0 atom stereocenters. The Labute approximate surface area is 90.2 Å². The zero-order valence-corrected chi connectivity index (χ0v) is 8.58. The van der Waals surface area contributed by atoms with E-state index in [0.717, 1.165) is 12.1 Å². The molecule has 72 valence electrons. The van der Waals surface area contributed by atoms with Crippen LogP contribution in [-0.2, 0) is 6.42 Å². The lowest BCUT2D eigenvalue weighted by atomic mass is 10.1. The molecule has 0 bridgehead atoms. The van der Waals surface area contributed by atoms with Gasteiger partial charge in [-0.15, -0.1) is 12.4 Å². The van der Waals surface area contributed by atoms with Crippen LogP contribution in [0, 0.1) is 0 Å². The number of hydrogen-bond acceptors (Lipinski definition) is 1. The molecule has 1 heterocycles. The zero-order chi connectivity index (χ0) is 8.93. The van der Waals surface area contributed by atoms with E-state index in [1.165, 1.54) is 5.56 Å². The minimum atomic E-state index is 0. The number of pyridine rings is 1. The first kappa shape index (κ1) is 10.7. The second-order valence-electron chi connectivity index (χ2n) is 2.98. The Kier molecular flexibility index (Phi) is 4.14. The van der Waals surface area contributed by atoms with Crippen molar-refractivity contribution in [2.24, 2.45) is 0 Å². The summed E-state index contributed by atoms with van der Waals surface area (Å²) in [7, 11) is 0. The highest BCUT2D eigenvalue weighted by Crippen LogP contribution is 2.05. The van der Waals surface area contributed by atoms with E-state index >= 15 is 0 Å². The van der Waals surface area contributed by atoms with Crippen molar-refractivity contribution >= 4 is 12.4 Å². The van der Waals surface area contributed by atoms with Gasteiger partial charge in [0.2, 0.25) is 0 Å². The number of aromatic nitrogens is 1. The molecular weight excluding hydrogens is 194 g/mol. The summed E-state index contributed by atoms with van der Waals surface area (Å²) < 4.78 is 0. The van der Waals surface area contributed by atoms with Crippen LogP contribution >= 0.6 is 12.4 Å². The summed E-state index contributed by atoms with van der Waals surface area (Å²) in [5.41, 5.74) is 2.43. The van der Waals surface area contributed by atoms with Crippen molar-refractivity contribution in [1.29, 1.82) is 0 Å². The molecule has 1 nitrogen and oxygen atoms in total. The van der Waals surface area contributed by atoms with Crippen molar-refractivity contribution in [3.05, 3.63) is 66.0 Å². The summed E-state index contributed by atoms with van der Waals surface area (Å²) in [4.78, 5) is 4.27. The Morgan fingerprint density at radius 1 is 0.857 bits per heavy atom. The van der Waals surface area contributed by atoms with E-state index in [2.05, 4.69) is 29.2 Å². The lowest BCUT2D eigenvalue weighted by Crippen LogP contribution is -1.89. The lowest BCUT2D eigenvalue weighted by molar-refractivity contribution is 1.07. The maximum atomic E-state index is 4.27. The zero-order valence-electron chi connectivity index (χ0n) is 7.76. The van der Waals surface area contributed by atoms with Gasteiger partial charge in [0.1, 0.15) is 0 Å². The van der Waals surface area contributed by atoms with Gasteiger partial charge in [-0.05, 0) is 17.7 Å². The minimum Gasteiger partial charge on any atom is -0.261 e. The summed E-state index contributed by atoms with van der Waals surface area (Å²) in [6.07, 6.45) is 2.75. The fraction of sp³-hybridized carbons (Fsp3) is 0.0833. The summed E-state index contributed by atoms with van der Waals surface area (Å²) in [5.74, 6) is 0. The summed E-state index contributed by atoms with van der Waals surface area (Å²) in [5, 5.41) is 0. The van der Waals surface area contributed by atoms with Crippen LogP contribution in [0.5, 0.6) is 0 Å². The largest absolute Gasteiger partial charge is 0.261 e. The lowest BCUT2D eigenvalue weighted by Gasteiger charge is -1.99. The molecule has 0 aliphatic heterocycles. The van der Waals surface area contributed by atoms with Crippen LogP contribution in [0.3, 0.4) is 0 Å². The SMILES string of the molecule is Cl.c1ccc(Cc2ccccn2)cc1. The van der Waals surface area contributed by atoms with E-state index < -0.39 is 0 Å². The highest BCUT2D eigenvalue weighted by molar-refractivity contribution is 5.85. The van der Waals surface area contributed by atoms with Gasteiger partial charge in [0, 0.05) is 18.3 Å². The molecule has 0 aliphatic carbocycles. The van der Waals surface area contributed by atoms with Crippen molar-refractivity contribution in [2.75, 3.05) is 0 Å². The summed E-state index contributed by atoms with van der Waals surface area (Å²) in [6.45, 7) is 0. The molecule has 2 aromatic rings. The van der Waals surface area contributed by atoms with E-state index in [9.17, 15) is 0 Å². The average molecular weight is 206 g/mol. The van der Waals surface area contributed by atoms with E-state index in [1.807, 2.05) is 30.5 Å². The maximum absolute atomic E-state index is 4.27. The quantitative estimate of drug-likeness (QED) is 0.734. The predicted octanol–water partition coefficient (Wildman–Crippen LogP) is 3.09. The molecule has 0 fully saturated rings. The fourth-order valence-corrected chi connectivity index (χ4v) is 1.31. The van der Waals surface area contributed by atoms with Gasteiger partial charge in [0.05, 0.1) is 0 Å². The summed E-state index contributed by atoms with van der Waals surface area (Å²) >= 11 is 0. The molecule has 14 heavy (non-hydrogen) atoms. The molecule has 0 saturated heterocycles. The van der Waals surface area contributed by atoms with Crippen LogP contribution in [0.15, 0.2) is 54.7 Å². The van der Waals surface area contributed by atoms with Gasteiger partial charge in [-0.1, -0.05) is 36.4 Å². The van der Waals surface area contributed by atoms with Crippen LogP contribution in [0.25, 0.3) is 0 Å². The smallest absolute Gasteiger partial charge is 0.0447 e. The second kappa shape index (κ2) is 5.40. The normalized spacial score (nSPS) is 9.14. The monoisotopic (exact) mass is 205 g/mol. The number of nitrogens with zero attached hydrogens (tertiary/aromatic N) is 1. The fourth-order valence-electron chi connectivity index (χ4n) is 1.31. The highest BCUT2D eigenvalue weighted by Gasteiger charge is 1.94. The van der Waals surface area contributed by atoms with Crippen LogP contribution in [0.4, 0.5) is 0 Å². The molecule has 0 spiro atoms. The average Bonchev–Trinajstić information content (AvgIpc) is 2.21. The molecule has 2 rings (SSSR count). The third kappa shape index (κ3) is 2.86. The molecule has 2 heteroatoms. The topological polar surface area (TPSA) is 12.9 Å². The predicted molar refractivity (Wildman–Crippen MR) is 60.7 cm³/mol. The van der Waals surface area contributed by atoms with Crippen molar-refractivity contribution in [3.63, 3.8) is 0 Å². The summed E-state index contributed by atoms with van der Waals surface area (Å²) in [6, 6.07) is 16.4. The van der Waals surface area contributed by atoms with Gasteiger partial charge in [-0.2, -0.15) is 0 Å². The van der Waals surface area contributed by atoms with Crippen LogP contribution < -0.4 is 0 Å². The highest BCUT2D eigenvalue weighted by atomic mass is 35.5. The van der Waals surface area contributed by atoms with Gasteiger partial charge in [-0.25, -0.2) is 0 Å². The molecule has 1 aromatic carbocycles. The first-order valence-corrected chi connectivity index (χ1v) is 4.39. The van der Waals surface area contributed by atoms with Crippen molar-refractivity contribution in [3.8, 4) is 0 Å². The van der Waals surface area contributed by atoms with Gasteiger partial charge in [-0.3, -0.25) is 4.98 Å². The molecule has 0 radical (unpaired) electrons. The first-order valence-electron chi connectivity index (χ1n) is 4.39. The Morgan fingerprint density at radius 2 is 1.57 bits per heavy atom. The molecule has 0 aliphatic rings. The van der Waals surface area contributed by atoms with Crippen LogP contribution in [-0.4, -0.2) is 4.98 Å². The van der Waals surface area contributed by atoms with E-state index in [0.29, 0.717) is 0 Å². The number of benzene rings is 1. The number of hydrogen-bond donors (Lipinski definition) is 0. The molecule has 0 N–H and O–H groups in total. The third-order valence-corrected chi connectivity index (χ3v) is 1.95. The molecular formula is C12H12ClN. The Hall–Kier alpha value is -1.34. The molecule has 0 unspecified atom stereocenters. The van der Waals surface area contributed by atoms with E-state index in [-0.39, 0.29) is 12.4 Å². The first-order chi connectivity index (χ1) is 6.45. The Balaban J connectivity index is 0.000000980. The van der Waals surface area contributed by atoms with Crippen LogP contribution in [0.1, 0.15) is 11.3 Å². The molecule has 0 amide bonds. The van der Waals surface area contributed by atoms with Gasteiger partial charge in [0.25, 0.3) is 0 Å². The number of rotatable bonds is 2. The van der Waals surface area contributed by atoms with E-state index in [1.54, 1.807) is 0 Å². The molecule has 0 saturated carbocycles. The van der Waals surface area contributed by atoms with Crippen molar-refractivity contribution < 1.29 is 0 Å². The Bertz CT molecular complexity index is 321. The second-order valence-corrected chi connectivity index (χ2v) is 2.98. The number of halogens is 1. The van der Waals surface area contributed by atoms with Crippen molar-refractivity contribution in [2.45, 2.75) is 6.42 Å². The van der Waals surface area contributed by atoms with Crippen molar-refractivity contribution in [1.82, 2.24) is 4.98 Å². The van der Waals surface area contributed by atoms with Gasteiger partial charge >= 0.3 is 0 Å². The van der Waals surface area contributed by atoms with Gasteiger partial charge < -0.3 is 0 Å². The third-order valence-electron chi connectivity index (χ3n) is 1.95.